The van der Waals surface area contributed by atoms with Crippen molar-refractivity contribution in [3.63, 3.8) is 0 Å². The van der Waals surface area contributed by atoms with Gasteiger partial charge in [0, 0.05) is 0 Å². The Kier molecular flexibility index (Phi) is 10.1. The second-order valence-corrected chi connectivity index (χ2v) is 8.61. The lowest BCUT2D eigenvalue weighted by atomic mass is 10.2. The molecule has 3 N–H and O–H groups in total. The maximum Gasteiger partial charge on any atom is 0.247 e. The number of anilines is 1. The van der Waals surface area contributed by atoms with Crippen LogP contribution in [0.3, 0.4) is 0 Å². The van der Waals surface area contributed by atoms with Gasteiger partial charge >= 0.3 is 0 Å². The molecule has 3 rings (SSSR count). The fourth-order valence-corrected chi connectivity index (χ4v) is 3.76. The Bertz CT molecular complexity index is 1160. The summed E-state index contributed by atoms with van der Waals surface area (Å²) in [7, 11) is 1.51. The summed E-state index contributed by atoms with van der Waals surface area (Å²) in [6.45, 7) is 3.49. The van der Waals surface area contributed by atoms with E-state index >= 15 is 0 Å². The number of nitrogens with two attached hydrogens (primary N) is 1. The number of carbonyl (C=O) groups excluding carboxylic acids is 1. The van der Waals surface area contributed by atoms with Crippen molar-refractivity contribution < 1.29 is 23.7 Å². The number of hydrazone groups is 1. The summed E-state index contributed by atoms with van der Waals surface area (Å²) < 4.78 is 22.4. The second kappa shape index (κ2) is 13.5. The molecule has 0 saturated heterocycles. The molecular formula is C23H26ClN5O5S. The summed E-state index contributed by atoms with van der Waals surface area (Å²) in [5.74, 6) is 1.32. The molecule has 35 heavy (non-hydrogen) atoms. The molecule has 0 atom stereocenters. The third-order valence-electron chi connectivity index (χ3n) is 4.50. The summed E-state index contributed by atoms with van der Waals surface area (Å²) in [4.78, 5) is 11.9. The molecule has 0 aliphatic carbocycles. The zero-order valence-electron chi connectivity index (χ0n) is 19.3. The third-order valence-corrected chi connectivity index (χ3v) is 5.53. The van der Waals surface area contributed by atoms with Crippen molar-refractivity contribution in [3.05, 3.63) is 57.6 Å². The zero-order valence-corrected chi connectivity index (χ0v) is 20.9. The summed E-state index contributed by atoms with van der Waals surface area (Å²) in [6, 6.07) is 11.2. The highest BCUT2D eigenvalue weighted by molar-refractivity contribution is 7.15. The molecular weight excluding hydrogens is 494 g/mol. The van der Waals surface area contributed by atoms with Crippen LogP contribution in [-0.2, 0) is 16.0 Å². The Morgan fingerprint density at radius 3 is 2.63 bits per heavy atom. The number of halogens is 1. The minimum atomic E-state index is -0.347. The first-order valence-corrected chi connectivity index (χ1v) is 11.8. The van der Waals surface area contributed by atoms with Crippen molar-refractivity contribution >= 4 is 40.2 Å². The van der Waals surface area contributed by atoms with Gasteiger partial charge in [0.2, 0.25) is 11.0 Å². The number of methoxy groups -OCH3 is 1. The van der Waals surface area contributed by atoms with E-state index in [0.717, 1.165) is 22.6 Å². The van der Waals surface area contributed by atoms with Gasteiger partial charge in [0.1, 0.15) is 24.0 Å². The van der Waals surface area contributed by atoms with E-state index < -0.39 is 0 Å². The van der Waals surface area contributed by atoms with Gasteiger partial charge in [0.25, 0.3) is 0 Å². The molecule has 1 amide bonds. The van der Waals surface area contributed by atoms with Gasteiger partial charge in [-0.05, 0) is 36.2 Å². The topological polar surface area (TPSA) is 130 Å². The monoisotopic (exact) mass is 519 g/mol. The molecule has 2 aromatic carbocycles. The Morgan fingerprint density at radius 1 is 1.14 bits per heavy atom. The van der Waals surface area contributed by atoms with E-state index in [1.54, 1.807) is 12.1 Å². The Morgan fingerprint density at radius 2 is 1.91 bits per heavy atom. The summed E-state index contributed by atoms with van der Waals surface area (Å²) in [6.07, 6.45) is 1.48. The van der Waals surface area contributed by atoms with Gasteiger partial charge in [-0.2, -0.15) is 5.10 Å². The minimum absolute atomic E-state index is 0.0309. The van der Waals surface area contributed by atoms with Crippen molar-refractivity contribution in [3.8, 4) is 17.2 Å². The first kappa shape index (κ1) is 26.2. The molecule has 0 fully saturated rings. The van der Waals surface area contributed by atoms with Crippen LogP contribution in [0.2, 0.25) is 5.02 Å². The third kappa shape index (κ3) is 8.39. The van der Waals surface area contributed by atoms with E-state index in [1.807, 2.05) is 31.2 Å². The highest BCUT2D eigenvalue weighted by Gasteiger charge is 2.12. The van der Waals surface area contributed by atoms with E-state index in [-0.39, 0.29) is 18.9 Å². The highest BCUT2D eigenvalue weighted by Crippen LogP contribution is 2.36. The van der Waals surface area contributed by atoms with Gasteiger partial charge in [-0.25, -0.2) is 5.43 Å². The average molecular weight is 520 g/mol. The number of hydrogen-bond acceptors (Lipinski definition) is 10. The van der Waals surface area contributed by atoms with Gasteiger partial charge in [-0.1, -0.05) is 41.1 Å². The number of aryl methyl sites for hydroxylation is 1. The number of hydrogen-bond donors (Lipinski definition) is 2. The number of ether oxygens (including phenoxy) is 4. The number of carbonyl (C=O) groups is 1. The number of nitrogen functional groups attached to an aromatic ring is 1. The molecule has 0 aliphatic heterocycles. The molecule has 0 saturated carbocycles. The Hall–Kier alpha value is -3.41. The molecule has 0 unspecified atom stereocenters. The van der Waals surface area contributed by atoms with Crippen molar-refractivity contribution in [1.82, 2.24) is 15.6 Å². The largest absolute Gasteiger partial charge is 0.493 e. The van der Waals surface area contributed by atoms with Crippen LogP contribution in [0.5, 0.6) is 17.2 Å². The molecule has 1 heterocycles. The fraction of sp³-hybridized carbons (Fsp3) is 0.304. The zero-order chi connectivity index (χ0) is 25.0. The molecule has 12 heteroatoms. The number of benzene rings is 2. The standard InChI is InChI=1S/C23H26ClN5O5S/c1-15-5-3-4-6-18(15)33-9-7-32-8-10-34-22-17(24)11-16(12-19(22)31-2)14-26-27-20(30)13-21-28-29-23(25)35-21/h3-6,11-12,14H,7-10,13H2,1-2H3,(H2,25,29)(H,27,30). The quantitative estimate of drug-likeness (QED) is 0.200. The smallest absolute Gasteiger partial charge is 0.247 e. The van der Waals surface area contributed by atoms with E-state index in [0.29, 0.717) is 52.0 Å². The fourth-order valence-electron chi connectivity index (χ4n) is 2.88. The lowest BCUT2D eigenvalue weighted by molar-refractivity contribution is -0.120. The van der Waals surface area contributed by atoms with E-state index in [9.17, 15) is 4.79 Å². The second-order valence-electron chi connectivity index (χ2n) is 7.11. The lowest BCUT2D eigenvalue weighted by Gasteiger charge is -2.13. The maximum atomic E-state index is 11.9. The number of rotatable bonds is 13. The summed E-state index contributed by atoms with van der Waals surface area (Å²) in [5.41, 5.74) is 9.61. The molecule has 0 spiro atoms. The van der Waals surface area contributed by atoms with Gasteiger partial charge in [0.05, 0.1) is 38.0 Å². The van der Waals surface area contributed by atoms with Crippen LogP contribution in [-0.4, -0.2) is 55.9 Å². The van der Waals surface area contributed by atoms with Crippen LogP contribution in [0.25, 0.3) is 0 Å². The summed E-state index contributed by atoms with van der Waals surface area (Å²) >= 11 is 7.51. The van der Waals surface area contributed by atoms with Crippen molar-refractivity contribution in [2.75, 3.05) is 39.3 Å². The lowest BCUT2D eigenvalue weighted by Crippen LogP contribution is -2.19. The number of nitrogens with one attached hydrogen (secondary N) is 1. The van der Waals surface area contributed by atoms with Crippen molar-refractivity contribution in [2.45, 2.75) is 13.3 Å². The first-order valence-electron chi connectivity index (χ1n) is 10.6. The number of para-hydroxylation sites is 1. The first-order chi connectivity index (χ1) is 17.0. The van der Waals surface area contributed by atoms with E-state index in [2.05, 4.69) is 20.7 Å². The Labute approximate surface area is 212 Å². The number of amides is 1. The van der Waals surface area contributed by atoms with Crippen LogP contribution in [0.1, 0.15) is 16.1 Å². The van der Waals surface area contributed by atoms with Gasteiger partial charge in [0.15, 0.2) is 11.5 Å². The molecule has 1 aromatic heterocycles. The summed E-state index contributed by atoms with van der Waals surface area (Å²) in [5, 5.41) is 12.5. The van der Waals surface area contributed by atoms with Crippen molar-refractivity contribution in [1.29, 1.82) is 0 Å². The SMILES string of the molecule is COc1cc(C=NNC(=O)Cc2nnc(N)s2)cc(Cl)c1OCCOCCOc1ccccc1C. The van der Waals surface area contributed by atoms with Gasteiger partial charge < -0.3 is 24.7 Å². The van der Waals surface area contributed by atoms with Crippen LogP contribution < -0.4 is 25.4 Å². The van der Waals surface area contributed by atoms with Crippen molar-refractivity contribution in [2.24, 2.45) is 5.10 Å². The molecule has 10 nitrogen and oxygen atoms in total. The van der Waals surface area contributed by atoms with E-state index in [4.69, 9.17) is 36.3 Å². The van der Waals surface area contributed by atoms with Crippen LogP contribution in [0, 0.1) is 6.92 Å². The minimum Gasteiger partial charge on any atom is -0.493 e. The highest BCUT2D eigenvalue weighted by atomic mass is 35.5. The maximum absolute atomic E-state index is 11.9. The molecule has 0 radical (unpaired) electrons. The molecule has 0 bridgehead atoms. The van der Waals surface area contributed by atoms with Gasteiger partial charge in [-0.15, -0.1) is 10.2 Å². The number of nitrogens with zero attached hydrogens (tertiary/aromatic N) is 3. The van der Waals surface area contributed by atoms with Gasteiger partial charge in [-0.3, -0.25) is 4.79 Å². The van der Waals surface area contributed by atoms with Crippen LogP contribution in [0.4, 0.5) is 5.13 Å². The predicted octanol–water partition coefficient (Wildman–Crippen LogP) is 3.26. The van der Waals surface area contributed by atoms with E-state index in [1.165, 1.54) is 13.3 Å². The number of aromatic nitrogens is 2. The predicted molar refractivity (Wildman–Crippen MR) is 135 cm³/mol. The normalized spacial score (nSPS) is 10.9. The van der Waals surface area contributed by atoms with Crippen LogP contribution >= 0.6 is 22.9 Å². The molecule has 186 valence electrons. The Balaban J connectivity index is 1.42. The molecule has 0 aliphatic rings. The van der Waals surface area contributed by atoms with Crippen LogP contribution in [0.15, 0.2) is 41.5 Å². The average Bonchev–Trinajstić information content (AvgIpc) is 3.24. The molecule has 3 aromatic rings.